The molecule has 0 unspecified atom stereocenters. The van der Waals surface area contributed by atoms with E-state index in [4.69, 9.17) is 13.9 Å². The molecule has 1 aromatic heterocycles. The minimum atomic E-state index is -0.0172. The quantitative estimate of drug-likeness (QED) is 0.468. The maximum Gasteiger partial charge on any atom is 0.256 e. The lowest BCUT2D eigenvalue weighted by Crippen LogP contribution is -2.41. The second-order valence-corrected chi connectivity index (χ2v) is 8.13. The smallest absolute Gasteiger partial charge is 0.256 e. The average molecular weight is 391 g/mol. The van der Waals surface area contributed by atoms with Crippen LogP contribution < -0.4 is 15.0 Å². The van der Waals surface area contributed by atoms with E-state index in [9.17, 15) is 5.21 Å². The first kappa shape index (κ1) is 18.1. The minimum absolute atomic E-state index is 0.0172. The van der Waals surface area contributed by atoms with Gasteiger partial charge in [-0.2, -0.15) is 0 Å². The van der Waals surface area contributed by atoms with Gasteiger partial charge in [-0.15, -0.1) is 0 Å². The Morgan fingerprint density at radius 1 is 1.00 bits per heavy atom. The molecule has 0 saturated heterocycles. The van der Waals surface area contributed by atoms with Crippen LogP contribution in [0.5, 0.6) is 11.5 Å². The molecular weight excluding hydrogens is 366 g/mol. The topological polar surface area (TPSA) is 64.2 Å². The van der Waals surface area contributed by atoms with Crippen molar-refractivity contribution in [1.29, 1.82) is 0 Å². The highest BCUT2D eigenvalue weighted by Crippen LogP contribution is 2.44. The van der Waals surface area contributed by atoms with Crippen LogP contribution in [0.2, 0.25) is 0 Å². The summed E-state index contributed by atoms with van der Waals surface area (Å²) in [4.78, 5) is 0. The van der Waals surface area contributed by atoms with E-state index >= 15 is 0 Å². The van der Waals surface area contributed by atoms with Gasteiger partial charge in [0, 0.05) is 17.5 Å². The summed E-state index contributed by atoms with van der Waals surface area (Å²) in [6.45, 7) is 0. The third kappa shape index (κ3) is 3.24. The number of hydrogen-bond donors (Lipinski definition) is 1. The maximum atomic E-state index is 9.37. The van der Waals surface area contributed by atoms with Crippen LogP contribution in [0, 0.1) is 0 Å². The fourth-order valence-electron chi connectivity index (χ4n) is 4.79. The van der Waals surface area contributed by atoms with Crippen LogP contribution in [0.3, 0.4) is 0 Å². The zero-order chi connectivity index (χ0) is 19.8. The summed E-state index contributed by atoms with van der Waals surface area (Å²) in [6.07, 6.45) is 8.13. The number of methoxy groups -OCH3 is 1. The molecule has 5 rings (SSSR count). The molecule has 0 radical (unpaired) electrons. The van der Waals surface area contributed by atoms with Crippen molar-refractivity contribution in [2.45, 2.75) is 50.5 Å². The third-order valence-electron chi connectivity index (χ3n) is 6.38. The van der Waals surface area contributed by atoms with Gasteiger partial charge in [0.15, 0.2) is 0 Å². The molecule has 29 heavy (non-hydrogen) atoms. The third-order valence-corrected chi connectivity index (χ3v) is 6.38. The highest BCUT2D eigenvalue weighted by atomic mass is 16.5. The zero-order valence-corrected chi connectivity index (χ0v) is 16.6. The van der Waals surface area contributed by atoms with Gasteiger partial charge in [-0.05, 0) is 78.6 Å². The maximum absolute atomic E-state index is 9.37. The molecular formula is C24H25NO4. The molecule has 3 aromatic rings. The molecule has 2 aliphatic rings. The fraction of sp³-hybridized carbons (Fsp3) is 0.375. The summed E-state index contributed by atoms with van der Waals surface area (Å²) in [5.74, 6) is 1.71. The Kier molecular flexibility index (Phi) is 4.46. The summed E-state index contributed by atoms with van der Waals surface area (Å²) < 4.78 is 17.7. The highest BCUT2D eigenvalue weighted by Gasteiger charge is 2.37. The zero-order valence-electron chi connectivity index (χ0n) is 16.6. The first-order valence-corrected chi connectivity index (χ1v) is 10.3. The standard InChI is InChI=1S/C24H25NO4/c1-27-18-7-5-16(6-8-18)19-14-23(25-26)28-22-15-21-17(13-20(19)22)9-12-24(29-21)10-3-2-4-11-24/h5-8,13-15,26H,2-4,9-12H2,1H3/b25-23-. The van der Waals surface area contributed by atoms with Crippen LogP contribution in [0.15, 0.2) is 52.0 Å². The molecule has 1 N–H and O–H groups in total. The Bertz CT molecular complexity index is 1110. The van der Waals surface area contributed by atoms with Crippen LogP contribution in [0.4, 0.5) is 0 Å². The highest BCUT2D eigenvalue weighted by molar-refractivity contribution is 5.94. The first-order chi connectivity index (χ1) is 14.2. The van der Waals surface area contributed by atoms with Crippen molar-refractivity contribution in [1.82, 2.24) is 0 Å². The molecule has 150 valence electrons. The van der Waals surface area contributed by atoms with Crippen molar-refractivity contribution < 1.29 is 19.1 Å². The van der Waals surface area contributed by atoms with Crippen molar-refractivity contribution in [3.05, 3.63) is 53.6 Å². The molecule has 1 saturated carbocycles. The van der Waals surface area contributed by atoms with Gasteiger partial charge in [0.05, 0.1) is 7.11 Å². The van der Waals surface area contributed by atoms with Gasteiger partial charge in [-0.1, -0.05) is 18.6 Å². The Hall–Kier alpha value is -2.95. The van der Waals surface area contributed by atoms with E-state index in [2.05, 4.69) is 11.2 Å². The normalized spacial score (nSPS) is 18.4. The van der Waals surface area contributed by atoms with Gasteiger partial charge in [-0.3, -0.25) is 0 Å². The van der Waals surface area contributed by atoms with E-state index in [-0.39, 0.29) is 11.2 Å². The molecule has 1 aliphatic heterocycles. The molecule has 5 heteroatoms. The van der Waals surface area contributed by atoms with Crippen LogP contribution in [-0.2, 0) is 6.42 Å². The summed E-state index contributed by atoms with van der Waals surface area (Å²) in [7, 11) is 1.65. The van der Waals surface area contributed by atoms with Gasteiger partial charge in [0.2, 0.25) is 0 Å². The molecule has 0 amide bonds. The fourth-order valence-corrected chi connectivity index (χ4v) is 4.79. The average Bonchev–Trinajstić information content (AvgIpc) is 2.77. The van der Waals surface area contributed by atoms with Crippen LogP contribution in [0.1, 0.15) is 44.1 Å². The van der Waals surface area contributed by atoms with E-state index in [1.54, 1.807) is 13.2 Å². The number of hydrogen-bond acceptors (Lipinski definition) is 5. The predicted molar refractivity (Wildman–Crippen MR) is 110 cm³/mol. The van der Waals surface area contributed by atoms with E-state index in [0.717, 1.165) is 53.7 Å². The van der Waals surface area contributed by atoms with E-state index in [1.807, 2.05) is 30.3 Å². The number of benzene rings is 2. The minimum Gasteiger partial charge on any atom is -0.497 e. The summed E-state index contributed by atoms with van der Waals surface area (Å²) in [5, 5.41) is 13.7. The Labute approximate surface area is 169 Å². The van der Waals surface area contributed by atoms with Gasteiger partial charge < -0.3 is 19.1 Å². The largest absolute Gasteiger partial charge is 0.497 e. The SMILES string of the molecule is COc1ccc(-c2c/c(=N/O)oc3cc4c(cc23)CCC2(CCCCC2)O4)cc1. The summed E-state index contributed by atoms with van der Waals surface area (Å²) >= 11 is 0. The van der Waals surface area contributed by atoms with Crippen molar-refractivity contribution in [3.8, 4) is 22.6 Å². The second-order valence-electron chi connectivity index (χ2n) is 8.13. The van der Waals surface area contributed by atoms with Crippen LogP contribution in [-0.4, -0.2) is 17.9 Å². The monoisotopic (exact) mass is 391 g/mol. The Morgan fingerprint density at radius 2 is 1.79 bits per heavy atom. The lowest BCUT2D eigenvalue weighted by Gasteiger charge is -2.41. The number of rotatable bonds is 2. The summed E-state index contributed by atoms with van der Waals surface area (Å²) in [5.41, 5.74) is 4.01. The molecule has 1 fully saturated rings. The molecule has 0 atom stereocenters. The molecule has 2 heterocycles. The van der Waals surface area contributed by atoms with Crippen LogP contribution >= 0.6 is 0 Å². The van der Waals surface area contributed by atoms with Gasteiger partial charge in [0.25, 0.3) is 5.55 Å². The number of nitrogens with zero attached hydrogens (tertiary/aromatic N) is 1. The molecule has 0 bridgehead atoms. The van der Waals surface area contributed by atoms with E-state index in [0.29, 0.717) is 5.58 Å². The van der Waals surface area contributed by atoms with E-state index < -0.39 is 0 Å². The Balaban J connectivity index is 1.64. The van der Waals surface area contributed by atoms with Crippen molar-refractivity contribution in [3.63, 3.8) is 0 Å². The molecule has 5 nitrogen and oxygen atoms in total. The second kappa shape index (κ2) is 7.14. The molecule has 1 aliphatic carbocycles. The molecule has 1 spiro atoms. The predicted octanol–water partition coefficient (Wildman–Crippen LogP) is 5.43. The van der Waals surface area contributed by atoms with Crippen molar-refractivity contribution in [2.75, 3.05) is 7.11 Å². The molecule has 2 aromatic carbocycles. The lowest BCUT2D eigenvalue weighted by atomic mass is 9.79. The first-order valence-electron chi connectivity index (χ1n) is 10.3. The van der Waals surface area contributed by atoms with Gasteiger partial charge in [-0.25, -0.2) is 0 Å². The van der Waals surface area contributed by atoms with Crippen LogP contribution in [0.25, 0.3) is 22.1 Å². The summed E-state index contributed by atoms with van der Waals surface area (Å²) in [6, 6.07) is 13.8. The van der Waals surface area contributed by atoms with Gasteiger partial charge >= 0.3 is 0 Å². The van der Waals surface area contributed by atoms with Crippen molar-refractivity contribution in [2.24, 2.45) is 5.16 Å². The van der Waals surface area contributed by atoms with E-state index in [1.165, 1.54) is 24.8 Å². The number of fused-ring (bicyclic) bond motifs is 2. The Morgan fingerprint density at radius 3 is 2.52 bits per heavy atom. The number of ether oxygens (including phenoxy) is 2. The number of aryl methyl sites for hydroxylation is 1. The van der Waals surface area contributed by atoms with Gasteiger partial charge in [0.1, 0.15) is 22.7 Å². The lowest BCUT2D eigenvalue weighted by molar-refractivity contribution is 0.0109. The van der Waals surface area contributed by atoms with Crippen molar-refractivity contribution >= 4 is 11.0 Å².